The van der Waals surface area contributed by atoms with Gasteiger partial charge in [-0.2, -0.15) is 5.10 Å². The van der Waals surface area contributed by atoms with E-state index in [1.165, 1.54) is 7.11 Å². The number of aromatic nitrogens is 2. The van der Waals surface area contributed by atoms with Gasteiger partial charge in [-0.05, 0) is 6.92 Å². The summed E-state index contributed by atoms with van der Waals surface area (Å²) in [4.78, 5) is 10.5. The van der Waals surface area contributed by atoms with Gasteiger partial charge >= 0.3 is 0 Å². The highest BCUT2D eigenvalue weighted by Gasteiger charge is 2.11. The summed E-state index contributed by atoms with van der Waals surface area (Å²) in [5.41, 5.74) is 1.22. The standard InChI is InChI=1S/C7H10N2O2/c1-5-6(4-10)7(11-3)9(2)8-5/h4H,1-3H3. The van der Waals surface area contributed by atoms with Crippen molar-refractivity contribution in [3.05, 3.63) is 11.3 Å². The summed E-state index contributed by atoms with van der Waals surface area (Å²) in [5, 5.41) is 4.01. The van der Waals surface area contributed by atoms with Crippen molar-refractivity contribution < 1.29 is 9.53 Å². The first-order chi connectivity index (χ1) is 5.20. The fourth-order valence-corrected chi connectivity index (χ4v) is 1.03. The Morgan fingerprint density at radius 2 is 2.27 bits per heavy atom. The monoisotopic (exact) mass is 154 g/mol. The van der Waals surface area contributed by atoms with Gasteiger partial charge in [-0.15, -0.1) is 0 Å². The van der Waals surface area contributed by atoms with Crippen molar-refractivity contribution in [3.63, 3.8) is 0 Å². The summed E-state index contributed by atoms with van der Waals surface area (Å²) in [6.07, 6.45) is 0.751. The highest BCUT2D eigenvalue weighted by Crippen LogP contribution is 2.17. The number of rotatable bonds is 2. The summed E-state index contributed by atoms with van der Waals surface area (Å²) in [6, 6.07) is 0. The number of methoxy groups -OCH3 is 1. The quantitative estimate of drug-likeness (QED) is 0.584. The van der Waals surface area contributed by atoms with Gasteiger partial charge in [0.1, 0.15) is 0 Å². The van der Waals surface area contributed by atoms with Crippen LogP contribution in [0.4, 0.5) is 0 Å². The highest BCUT2D eigenvalue weighted by molar-refractivity contribution is 5.79. The topological polar surface area (TPSA) is 44.1 Å². The molecule has 0 aliphatic heterocycles. The lowest BCUT2D eigenvalue weighted by molar-refractivity contribution is 0.111. The molecule has 0 fully saturated rings. The molecule has 0 unspecified atom stereocenters. The number of ether oxygens (including phenoxy) is 1. The molecular weight excluding hydrogens is 144 g/mol. The second kappa shape index (κ2) is 2.74. The highest BCUT2D eigenvalue weighted by atomic mass is 16.5. The second-order valence-electron chi connectivity index (χ2n) is 2.25. The predicted octanol–water partition coefficient (Wildman–Crippen LogP) is 0.550. The zero-order chi connectivity index (χ0) is 8.43. The molecule has 4 nitrogen and oxygen atoms in total. The smallest absolute Gasteiger partial charge is 0.222 e. The van der Waals surface area contributed by atoms with Crippen LogP contribution in [0.3, 0.4) is 0 Å². The largest absolute Gasteiger partial charge is 0.481 e. The van der Waals surface area contributed by atoms with E-state index >= 15 is 0 Å². The number of hydrogen-bond donors (Lipinski definition) is 0. The van der Waals surface area contributed by atoms with E-state index < -0.39 is 0 Å². The van der Waals surface area contributed by atoms with E-state index in [1.807, 2.05) is 0 Å². The molecule has 0 amide bonds. The van der Waals surface area contributed by atoms with Gasteiger partial charge in [-0.3, -0.25) is 4.79 Å². The SMILES string of the molecule is COc1c(C=O)c(C)nn1C. The van der Waals surface area contributed by atoms with Crippen LogP contribution in [0.15, 0.2) is 0 Å². The van der Waals surface area contributed by atoms with Crippen molar-refractivity contribution in [2.24, 2.45) is 7.05 Å². The average Bonchev–Trinajstić information content (AvgIpc) is 2.24. The van der Waals surface area contributed by atoms with E-state index in [2.05, 4.69) is 5.10 Å². The molecule has 0 atom stereocenters. The summed E-state index contributed by atoms with van der Waals surface area (Å²) in [6.45, 7) is 1.77. The van der Waals surface area contributed by atoms with E-state index in [1.54, 1.807) is 18.7 Å². The maximum Gasteiger partial charge on any atom is 0.222 e. The molecule has 1 aromatic rings. The lowest BCUT2D eigenvalue weighted by Gasteiger charge is -1.98. The predicted molar refractivity (Wildman–Crippen MR) is 39.9 cm³/mol. The molecule has 0 saturated carbocycles. The number of nitrogens with zero attached hydrogens (tertiary/aromatic N) is 2. The molecule has 1 heterocycles. The minimum Gasteiger partial charge on any atom is -0.481 e. The minimum atomic E-state index is 0.512. The van der Waals surface area contributed by atoms with E-state index in [0.717, 1.165) is 6.29 Å². The number of hydrogen-bond acceptors (Lipinski definition) is 3. The molecule has 0 radical (unpaired) electrons. The third kappa shape index (κ3) is 1.11. The maximum absolute atomic E-state index is 10.5. The molecule has 0 bridgehead atoms. The molecule has 0 N–H and O–H groups in total. The second-order valence-corrected chi connectivity index (χ2v) is 2.25. The van der Waals surface area contributed by atoms with E-state index in [4.69, 9.17) is 4.74 Å². The maximum atomic E-state index is 10.5. The molecule has 0 saturated heterocycles. The fourth-order valence-electron chi connectivity index (χ4n) is 1.03. The molecule has 60 valence electrons. The van der Waals surface area contributed by atoms with E-state index in [-0.39, 0.29) is 0 Å². The first-order valence-corrected chi connectivity index (χ1v) is 3.23. The van der Waals surface area contributed by atoms with Crippen LogP contribution >= 0.6 is 0 Å². The molecule has 11 heavy (non-hydrogen) atoms. The number of carbonyl (C=O) groups excluding carboxylic acids is 1. The molecule has 0 aliphatic rings. The molecule has 0 aliphatic carbocycles. The Morgan fingerprint density at radius 3 is 2.64 bits per heavy atom. The minimum absolute atomic E-state index is 0.512. The third-order valence-corrected chi connectivity index (χ3v) is 1.53. The Morgan fingerprint density at radius 1 is 1.64 bits per heavy atom. The Balaban J connectivity index is 3.28. The molecule has 1 rings (SSSR count). The molecule has 4 heteroatoms. The zero-order valence-corrected chi connectivity index (χ0v) is 6.79. The molecule has 1 aromatic heterocycles. The normalized spacial score (nSPS) is 9.73. The molecular formula is C7H10N2O2. The van der Waals surface area contributed by atoms with Crippen molar-refractivity contribution in [3.8, 4) is 5.88 Å². The van der Waals surface area contributed by atoms with Crippen molar-refractivity contribution in [2.75, 3.05) is 7.11 Å². The van der Waals surface area contributed by atoms with Gasteiger partial charge in [0, 0.05) is 7.05 Å². The van der Waals surface area contributed by atoms with Crippen molar-refractivity contribution in [1.82, 2.24) is 9.78 Å². The zero-order valence-electron chi connectivity index (χ0n) is 6.79. The van der Waals surface area contributed by atoms with E-state index in [0.29, 0.717) is 17.1 Å². The molecule has 0 aromatic carbocycles. The van der Waals surface area contributed by atoms with E-state index in [9.17, 15) is 4.79 Å². The van der Waals surface area contributed by atoms with Crippen LogP contribution in [0.5, 0.6) is 5.88 Å². The number of aldehydes is 1. The summed E-state index contributed by atoms with van der Waals surface area (Å²) < 4.78 is 6.50. The van der Waals surface area contributed by atoms with Gasteiger partial charge in [-0.25, -0.2) is 4.68 Å². The van der Waals surface area contributed by atoms with Gasteiger partial charge in [0.25, 0.3) is 0 Å². The third-order valence-electron chi connectivity index (χ3n) is 1.53. The Kier molecular flexibility index (Phi) is 1.94. The van der Waals surface area contributed by atoms with Crippen LogP contribution in [0.2, 0.25) is 0 Å². The van der Waals surface area contributed by atoms with Crippen LogP contribution in [0.1, 0.15) is 16.1 Å². The van der Waals surface area contributed by atoms with Gasteiger partial charge in [-0.1, -0.05) is 0 Å². The van der Waals surface area contributed by atoms with Crippen LogP contribution in [0, 0.1) is 6.92 Å². The Labute approximate surface area is 64.8 Å². The first kappa shape index (κ1) is 7.78. The lowest BCUT2D eigenvalue weighted by Crippen LogP contribution is -1.96. The van der Waals surface area contributed by atoms with Crippen molar-refractivity contribution >= 4 is 6.29 Å². The Hall–Kier alpha value is -1.32. The van der Waals surface area contributed by atoms with Crippen LogP contribution < -0.4 is 4.74 Å². The average molecular weight is 154 g/mol. The summed E-state index contributed by atoms with van der Waals surface area (Å²) >= 11 is 0. The van der Waals surface area contributed by atoms with Gasteiger partial charge in [0.05, 0.1) is 18.4 Å². The van der Waals surface area contributed by atoms with Crippen molar-refractivity contribution in [2.45, 2.75) is 6.92 Å². The van der Waals surface area contributed by atoms with Crippen molar-refractivity contribution in [1.29, 1.82) is 0 Å². The molecule has 0 spiro atoms. The van der Waals surface area contributed by atoms with Crippen LogP contribution in [-0.2, 0) is 7.05 Å². The first-order valence-electron chi connectivity index (χ1n) is 3.23. The van der Waals surface area contributed by atoms with Gasteiger partial charge < -0.3 is 4.74 Å². The van der Waals surface area contributed by atoms with Crippen LogP contribution in [0.25, 0.3) is 0 Å². The summed E-state index contributed by atoms with van der Waals surface area (Å²) in [7, 11) is 3.25. The van der Waals surface area contributed by atoms with Gasteiger partial charge in [0.15, 0.2) is 6.29 Å². The van der Waals surface area contributed by atoms with Gasteiger partial charge in [0.2, 0.25) is 5.88 Å². The summed E-state index contributed by atoms with van der Waals surface area (Å²) in [5.74, 6) is 0.512. The number of aryl methyl sites for hydroxylation is 2. The lowest BCUT2D eigenvalue weighted by atomic mass is 10.3. The van der Waals surface area contributed by atoms with Crippen LogP contribution in [-0.4, -0.2) is 23.2 Å². The fraction of sp³-hybridized carbons (Fsp3) is 0.429. The number of carbonyl (C=O) groups is 1. The Bertz CT molecular complexity index is 278.